The molecule has 1 saturated carbocycles. The molecule has 2 aromatic carbocycles. The van der Waals surface area contributed by atoms with E-state index in [1.54, 1.807) is 24.3 Å². The summed E-state index contributed by atoms with van der Waals surface area (Å²) in [5.41, 5.74) is 1.39. The summed E-state index contributed by atoms with van der Waals surface area (Å²) in [5.74, 6) is -0.366. The highest BCUT2D eigenvalue weighted by atomic mass is 19.1. The number of hydrogen-bond donors (Lipinski definition) is 2. The Morgan fingerprint density at radius 1 is 1.12 bits per heavy atom. The Balaban J connectivity index is 2.05. The molecule has 4 rings (SSSR count). The van der Waals surface area contributed by atoms with E-state index in [-0.39, 0.29) is 29.5 Å². The molecular weight excluding hydrogens is 309 g/mol. The predicted molar refractivity (Wildman–Crippen MR) is 89.5 cm³/mol. The number of aromatic nitrogens is 1. The topological polar surface area (TPSA) is 62.5 Å². The first kappa shape index (κ1) is 14.9. The molecule has 0 saturated heterocycles. The van der Waals surface area contributed by atoms with E-state index < -0.39 is 5.82 Å². The second-order valence-corrected chi connectivity index (χ2v) is 6.14. The van der Waals surface area contributed by atoms with Crippen LogP contribution in [-0.2, 0) is 6.61 Å². The number of rotatable bonds is 3. The van der Waals surface area contributed by atoms with E-state index in [9.17, 15) is 15.0 Å². The Bertz CT molecular complexity index is 988. The molecule has 0 atom stereocenters. The van der Waals surface area contributed by atoms with E-state index >= 15 is 4.39 Å². The van der Waals surface area contributed by atoms with E-state index in [0.29, 0.717) is 22.1 Å². The van der Waals surface area contributed by atoms with Crippen LogP contribution in [0.15, 0.2) is 47.3 Å². The fraction of sp³-hybridized carbons (Fsp3) is 0.211. The number of aliphatic hydroxyl groups excluding tert-OH is 1. The van der Waals surface area contributed by atoms with Crippen molar-refractivity contribution >= 4 is 10.9 Å². The Kier molecular flexibility index (Phi) is 3.39. The molecule has 1 aliphatic carbocycles. The molecule has 0 unspecified atom stereocenters. The number of benzene rings is 2. The van der Waals surface area contributed by atoms with Crippen LogP contribution in [0.25, 0.3) is 22.0 Å². The van der Waals surface area contributed by atoms with Crippen LogP contribution in [0, 0.1) is 5.82 Å². The summed E-state index contributed by atoms with van der Waals surface area (Å²) in [7, 11) is 0. The standard InChI is InChI=1S/C19H16FNO3/c20-18-15(11-1-5-14(23)6-2-11)7-8-16-12(10-22)9-17(24)21(19(16)18)13-3-4-13/h1-2,5-9,13,22-23H,3-4,10H2. The van der Waals surface area contributed by atoms with Crippen LogP contribution in [0.5, 0.6) is 5.75 Å². The van der Waals surface area contributed by atoms with Gasteiger partial charge in [0, 0.05) is 23.1 Å². The number of fused-ring (bicyclic) bond motifs is 1. The maximum atomic E-state index is 15.3. The number of nitrogens with zero attached hydrogens (tertiary/aromatic N) is 1. The zero-order valence-electron chi connectivity index (χ0n) is 12.9. The molecule has 5 heteroatoms. The number of phenols is 1. The van der Waals surface area contributed by atoms with Gasteiger partial charge in [-0.3, -0.25) is 4.79 Å². The van der Waals surface area contributed by atoms with Crippen molar-refractivity contribution < 1.29 is 14.6 Å². The Morgan fingerprint density at radius 3 is 2.46 bits per heavy atom. The summed E-state index contributed by atoms with van der Waals surface area (Å²) in [6.07, 6.45) is 1.71. The van der Waals surface area contributed by atoms with Crippen LogP contribution in [0.1, 0.15) is 24.4 Å². The van der Waals surface area contributed by atoms with Crippen LogP contribution in [0.2, 0.25) is 0 Å². The summed E-state index contributed by atoms with van der Waals surface area (Å²) >= 11 is 0. The third kappa shape index (κ3) is 2.29. The molecule has 1 heterocycles. The third-order valence-electron chi connectivity index (χ3n) is 4.50. The van der Waals surface area contributed by atoms with Crippen LogP contribution in [-0.4, -0.2) is 14.8 Å². The average Bonchev–Trinajstić information content (AvgIpc) is 3.40. The molecule has 0 amide bonds. The minimum atomic E-state index is -0.475. The minimum absolute atomic E-state index is 0.0253. The molecule has 122 valence electrons. The first-order valence-electron chi connectivity index (χ1n) is 7.87. The molecule has 1 aliphatic rings. The number of halogens is 1. The van der Waals surface area contributed by atoms with Gasteiger partial charge in [0.1, 0.15) is 5.75 Å². The van der Waals surface area contributed by atoms with Gasteiger partial charge in [0.05, 0.1) is 12.1 Å². The first-order valence-corrected chi connectivity index (χ1v) is 7.87. The smallest absolute Gasteiger partial charge is 0.251 e. The van der Waals surface area contributed by atoms with Gasteiger partial charge >= 0.3 is 0 Å². The van der Waals surface area contributed by atoms with Gasteiger partial charge in [-0.2, -0.15) is 0 Å². The fourth-order valence-corrected chi connectivity index (χ4v) is 3.16. The zero-order chi connectivity index (χ0) is 16.8. The molecule has 2 N–H and O–H groups in total. The van der Waals surface area contributed by atoms with E-state index in [1.807, 2.05) is 0 Å². The second-order valence-electron chi connectivity index (χ2n) is 6.14. The second kappa shape index (κ2) is 5.46. The molecule has 0 aliphatic heterocycles. The van der Waals surface area contributed by atoms with Crippen molar-refractivity contribution in [2.75, 3.05) is 0 Å². The van der Waals surface area contributed by atoms with E-state index in [2.05, 4.69) is 0 Å². The van der Waals surface area contributed by atoms with Crippen molar-refractivity contribution in [2.24, 2.45) is 0 Å². The van der Waals surface area contributed by atoms with Crippen LogP contribution < -0.4 is 5.56 Å². The summed E-state index contributed by atoms with van der Waals surface area (Å²) in [4.78, 5) is 12.4. The zero-order valence-corrected chi connectivity index (χ0v) is 12.9. The van der Waals surface area contributed by atoms with Crippen LogP contribution in [0.3, 0.4) is 0 Å². The van der Waals surface area contributed by atoms with E-state index in [1.165, 1.54) is 22.8 Å². The van der Waals surface area contributed by atoms with Gasteiger partial charge in [-0.25, -0.2) is 4.39 Å². The SMILES string of the molecule is O=c1cc(CO)c2ccc(-c3ccc(O)cc3)c(F)c2n1C1CC1. The molecule has 4 nitrogen and oxygen atoms in total. The lowest BCUT2D eigenvalue weighted by Crippen LogP contribution is -2.21. The lowest BCUT2D eigenvalue weighted by atomic mass is 10.00. The maximum absolute atomic E-state index is 15.3. The largest absolute Gasteiger partial charge is 0.508 e. The molecule has 1 aromatic heterocycles. The highest BCUT2D eigenvalue weighted by Crippen LogP contribution is 2.38. The van der Waals surface area contributed by atoms with E-state index in [4.69, 9.17) is 0 Å². The van der Waals surface area contributed by atoms with Gasteiger partial charge in [0.2, 0.25) is 0 Å². The summed E-state index contributed by atoms with van der Waals surface area (Å²) in [6.45, 7) is -0.310. The van der Waals surface area contributed by atoms with Crippen molar-refractivity contribution in [3.05, 3.63) is 64.2 Å². The highest BCUT2D eigenvalue weighted by Gasteiger charge is 2.28. The molecule has 3 aromatic rings. The highest BCUT2D eigenvalue weighted by molar-refractivity contribution is 5.88. The predicted octanol–water partition coefficient (Wildman–Crippen LogP) is 3.34. The first-order chi connectivity index (χ1) is 11.6. The fourth-order valence-electron chi connectivity index (χ4n) is 3.16. The van der Waals surface area contributed by atoms with Crippen molar-refractivity contribution in [3.63, 3.8) is 0 Å². The van der Waals surface area contributed by atoms with Gasteiger partial charge in [0.25, 0.3) is 5.56 Å². The van der Waals surface area contributed by atoms with Crippen molar-refractivity contribution in [3.8, 4) is 16.9 Å². The van der Waals surface area contributed by atoms with Crippen LogP contribution >= 0.6 is 0 Å². The van der Waals surface area contributed by atoms with Gasteiger partial charge < -0.3 is 14.8 Å². The van der Waals surface area contributed by atoms with Crippen molar-refractivity contribution in [1.29, 1.82) is 0 Å². The summed E-state index contributed by atoms with van der Waals surface area (Å²) in [6, 6.07) is 11.1. The minimum Gasteiger partial charge on any atom is -0.508 e. The molecular formula is C19H16FNO3. The number of pyridine rings is 1. The van der Waals surface area contributed by atoms with Gasteiger partial charge in [-0.05, 0) is 36.1 Å². The Morgan fingerprint density at radius 2 is 1.83 bits per heavy atom. The quantitative estimate of drug-likeness (QED) is 0.776. The third-order valence-corrected chi connectivity index (χ3v) is 4.50. The molecule has 0 bridgehead atoms. The number of hydrogen-bond acceptors (Lipinski definition) is 3. The van der Waals surface area contributed by atoms with Gasteiger partial charge in [-0.15, -0.1) is 0 Å². The van der Waals surface area contributed by atoms with Gasteiger partial charge in [0.15, 0.2) is 5.82 Å². The molecule has 0 spiro atoms. The molecule has 24 heavy (non-hydrogen) atoms. The Labute approximate surface area is 137 Å². The summed E-state index contributed by atoms with van der Waals surface area (Å²) < 4.78 is 16.8. The molecule has 0 radical (unpaired) electrons. The monoisotopic (exact) mass is 325 g/mol. The lowest BCUT2D eigenvalue weighted by molar-refractivity contribution is 0.283. The van der Waals surface area contributed by atoms with Gasteiger partial charge in [-0.1, -0.05) is 24.3 Å². The number of phenolic OH excluding ortho intramolecular Hbond substituents is 1. The normalized spacial score (nSPS) is 14.2. The Hall–Kier alpha value is -2.66. The van der Waals surface area contributed by atoms with Crippen molar-refractivity contribution in [2.45, 2.75) is 25.5 Å². The van der Waals surface area contributed by atoms with E-state index in [0.717, 1.165) is 12.8 Å². The van der Waals surface area contributed by atoms with Crippen LogP contribution in [0.4, 0.5) is 4.39 Å². The lowest BCUT2D eigenvalue weighted by Gasteiger charge is -2.15. The maximum Gasteiger partial charge on any atom is 0.251 e. The number of aromatic hydroxyl groups is 1. The average molecular weight is 325 g/mol. The molecule has 1 fully saturated rings. The van der Waals surface area contributed by atoms with Crippen molar-refractivity contribution in [1.82, 2.24) is 4.57 Å². The summed E-state index contributed by atoms with van der Waals surface area (Å²) in [5, 5.41) is 19.5. The number of aliphatic hydroxyl groups is 1.